The molecule has 0 bridgehead atoms. The molecular formula is C20H15ClF3NO2S. The van der Waals surface area contributed by atoms with Crippen molar-refractivity contribution in [1.29, 1.82) is 0 Å². The van der Waals surface area contributed by atoms with Crippen molar-refractivity contribution in [2.24, 2.45) is 0 Å². The van der Waals surface area contributed by atoms with Crippen LogP contribution in [0.15, 0.2) is 53.9 Å². The second-order valence-corrected chi connectivity index (χ2v) is 7.37. The quantitative estimate of drug-likeness (QED) is 0.502. The average molecular weight is 426 g/mol. The minimum absolute atomic E-state index is 0.0858. The van der Waals surface area contributed by atoms with Crippen LogP contribution in [0.4, 0.5) is 18.9 Å². The molecule has 1 aromatic heterocycles. The highest BCUT2D eigenvalue weighted by molar-refractivity contribution is 7.12. The summed E-state index contributed by atoms with van der Waals surface area (Å²) in [5.74, 6) is 0.181. The summed E-state index contributed by atoms with van der Waals surface area (Å²) in [5.41, 5.74) is 0.948. The van der Waals surface area contributed by atoms with Crippen molar-refractivity contribution >= 4 is 34.5 Å². The molecular weight excluding hydrogens is 411 g/mol. The van der Waals surface area contributed by atoms with Crippen LogP contribution in [0.5, 0.6) is 5.75 Å². The first-order valence-corrected chi connectivity index (χ1v) is 9.43. The van der Waals surface area contributed by atoms with Gasteiger partial charge in [0.2, 0.25) is 0 Å². The lowest BCUT2D eigenvalue weighted by molar-refractivity contribution is -0.137. The molecule has 0 aliphatic carbocycles. The fourth-order valence-corrected chi connectivity index (χ4v) is 3.32. The number of benzene rings is 2. The van der Waals surface area contributed by atoms with E-state index in [1.54, 1.807) is 23.6 Å². The van der Waals surface area contributed by atoms with Gasteiger partial charge in [-0.1, -0.05) is 17.7 Å². The van der Waals surface area contributed by atoms with Crippen LogP contribution >= 0.6 is 22.9 Å². The summed E-state index contributed by atoms with van der Waals surface area (Å²) in [7, 11) is 0. The van der Waals surface area contributed by atoms with Gasteiger partial charge in [-0.15, -0.1) is 11.3 Å². The molecule has 1 N–H and O–H groups in total. The number of anilines is 1. The van der Waals surface area contributed by atoms with E-state index in [2.05, 4.69) is 5.32 Å². The van der Waals surface area contributed by atoms with E-state index in [1.165, 1.54) is 23.5 Å². The Hall–Kier alpha value is -2.51. The van der Waals surface area contributed by atoms with Gasteiger partial charge in [0.15, 0.2) is 0 Å². The topological polar surface area (TPSA) is 38.3 Å². The van der Waals surface area contributed by atoms with Gasteiger partial charge in [0.25, 0.3) is 5.91 Å². The van der Waals surface area contributed by atoms with E-state index in [1.807, 2.05) is 13.0 Å². The Bertz CT molecular complexity index is 1000. The molecule has 0 aliphatic rings. The predicted octanol–water partition coefficient (Wildman–Crippen LogP) is 6.56. The van der Waals surface area contributed by atoms with Gasteiger partial charge in [0, 0.05) is 16.3 Å². The van der Waals surface area contributed by atoms with E-state index in [-0.39, 0.29) is 12.3 Å². The maximum absolute atomic E-state index is 12.8. The summed E-state index contributed by atoms with van der Waals surface area (Å²) in [4.78, 5) is 12.7. The Morgan fingerprint density at radius 3 is 2.68 bits per heavy atom. The lowest BCUT2D eigenvalue weighted by Crippen LogP contribution is -2.12. The number of alkyl halides is 3. The van der Waals surface area contributed by atoms with E-state index in [9.17, 15) is 18.0 Å². The second-order valence-electron chi connectivity index (χ2n) is 6.05. The van der Waals surface area contributed by atoms with Crippen molar-refractivity contribution in [1.82, 2.24) is 0 Å². The van der Waals surface area contributed by atoms with Gasteiger partial charge in [-0.2, -0.15) is 13.2 Å². The number of carbonyl (C=O) groups excluding carboxylic acids is 1. The molecule has 2 aromatic carbocycles. The molecule has 1 heterocycles. The fourth-order valence-electron chi connectivity index (χ4n) is 2.41. The van der Waals surface area contributed by atoms with Crippen LogP contribution in [0.25, 0.3) is 0 Å². The number of hydrogen-bond acceptors (Lipinski definition) is 3. The number of thiophene rings is 1. The molecule has 1 amide bonds. The number of carbonyl (C=O) groups is 1. The van der Waals surface area contributed by atoms with E-state index in [4.69, 9.17) is 16.3 Å². The van der Waals surface area contributed by atoms with Gasteiger partial charge in [-0.25, -0.2) is 0 Å². The van der Waals surface area contributed by atoms with Gasteiger partial charge < -0.3 is 10.1 Å². The third-order valence-electron chi connectivity index (χ3n) is 3.86. The van der Waals surface area contributed by atoms with Gasteiger partial charge in [-0.05, 0) is 60.3 Å². The van der Waals surface area contributed by atoms with Gasteiger partial charge in [0.1, 0.15) is 12.4 Å². The van der Waals surface area contributed by atoms with Crippen LogP contribution in [0.2, 0.25) is 5.02 Å². The smallest absolute Gasteiger partial charge is 0.416 e. The lowest BCUT2D eigenvalue weighted by atomic mass is 10.2. The molecule has 0 saturated heterocycles. The summed E-state index contributed by atoms with van der Waals surface area (Å²) in [6, 6.07) is 11.5. The van der Waals surface area contributed by atoms with Crippen LogP contribution in [-0.4, -0.2) is 5.91 Å². The summed E-state index contributed by atoms with van der Waals surface area (Å²) in [5, 5.41) is 4.90. The summed E-state index contributed by atoms with van der Waals surface area (Å²) in [6.45, 7) is 2.13. The Labute approximate surface area is 168 Å². The number of hydrogen-bond donors (Lipinski definition) is 1. The predicted molar refractivity (Wildman–Crippen MR) is 104 cm³/mol. The lowest BCUT2D eigenvalue weighted by Gasteiger charge is -2.09. The van der Waals surface area contributed by atoms with Gasteiger partial charge >= 0.3 is 6.18 Å². The standard InChI is InChI=1S/C20H15ClF3NO2S/c1-12-7-16(5-6-17(12)21)27-10-13-8-18(28-11-13)19(26)25-15-4-2-3-14(9-15)20(22,23)24/h2-9,11H,10H2,1H3,(H,25,26). The molecule has 0 aliphatic heterocycles. The Balaban J connectivity index is 1.63. The highest BCUT2D eigenvalue weighted by Crippen LogP contribution is 2.31. The van der Waals surface area contributed by atoms with Gasteiger partial charge in [0.05, 0.1) is 10.4 Å². The Kier molecular flexibility index (Phi) is 5.96. The number of ether oxygens (including phenoxy) is 1. The van der Waals surface area contributed by atoms with E-state index < -0.39 is 17.6 Å². The van der Waals surface area contributed by atoms with Crippen molar-refractivity contribution < 1.29 is 22.7 Å². The molecule has 0 unspecified atom stereocenters. The zero-order valence-electron chi connectivity index (χ0n) is 14.6. The zero-order valence-corrected chi connectivity index (χ0v) is 16.2. The first kappa shape index (κ1) is 20.2. The molecule has 3 nitrogen and oxygen atoms in total. The molecule has 3 rings (SSSR count). The second kappa shape index (κ2) is 8.24. The maximum Gasteiger partial charge on any atom is 0.416 e. The van der Waals surface area contributed by atoms with E-state index in [0.717, 1.165) is 23.3 Å². The molecule has 146 valence electrons. The van der Waals surface area contributed by atoms with Crippen molar-refractivity contribution in [2.75, 3.05) is 5.32 Å². The maximum atomic E-state index is 12.8. The zero-order chi connectivity index (χ0) is 20.3. The van der Waals surface area contributed by atoms with Gasteiger partial charge in [-0.3, -0.25) is 4.79 Å². The molecule has 0 atom stereocenters. The summed E-state index contributed by atoms with van der Waals surface area (Å²) in [6.07, 6.45) is -4.46. The minimum Gasteiger partial charge on any atom is -0.489 e. The van der Waals surface area contributed by atoms with Crippen LogP contribution in [-0.2, 0) is 12.8 Å². The largest absolute Gasteiger partial charge is 0.489 e. The molecule has 0 radical (unpaired) electrons. The molecule has 28 heavy (non-hydrogen) atoms. The highest BCUT2D eigenvalue weighted by atomic mass is 35.5. The Morgan fingerprint density at radius 1 is 1.18 bits per heavy atom. The third-order valence-corrected chi connectivity index (χ3v) is 5.26. The minimum atomic E-state index is -4.46. The van der Waals surface area contributed by atoms with Crippen molar-refractivity contribution in [2.45, 2.75) is 19.7 Å². The molecule has 8 heteroatoms. The average Bonchev–Trinajstić information content (AvgIpc) is 3.11. The first-order chi connectivity index (χ1) is 13.2. The molecule has 0 spiro atoms. The molecule has 0 saturated carbocycles. The molecule has 0 fully saturated rings. The number of halogens is 4. The summed E-state index contributed by atoms with van der Waals surface area (Å²) < 4.78 is 44.0. The van der Waals surface area contributed by atoms with Crippen LogP contribution in [0.3, 0.4) is 0 Å². The normalized spacial score (nSPS) is 11.3. The Morgan fingerprint density at radius 2 is 1.96 bits per heavy atom. The van der Waals surface area contributed by atoms with Crippen molar-refractivity contribution in [3.05, 3.63) is 80.5 Å². The highest BCUT2D eigenvalue weighted by Gasteiger charge is 2.30. The van der Waals surface area contributed by atoms with E-state index >= 15 is 0 Å². The van der Waals surface area contributed by atoms with E-state index in [0.29, 0.717) is 15.6 Å². The number of rotatable bonds is 5. The first-order valence-electron chi connectivity index (χ1n) is 8.17. The van der Waals surface area contributed by atoms with Crippen LogP contribution < -0.4 is 10.1 Å². The molecule has 3 aromatic rings. The monoisotopic (exact) mass is 425 g/mol. The van der Waals surface area contributed by atoms with Crippen molar-refractivity contribution in [3.63, 3.8) is 0 Å². The fraction of sp³-hybridized carbons (Fsp3) is 0.150. The van der Waals surface area contributed by atoms with Crippen molar-refractivity contribution in [3.8, 4) is 5.75 Å². The SMILES string of the molecule is Cc1cc(OCc2csc(C(=O)Nc3cccc(C(F)(F)F)c3)c2)ccc1Cl. The number of aryl methyl sites for hydroxylation is 1. The van der Waals surface area contributed by atoms with Crippen LogP contribution in [0.1, 0.15) is 26.4 Å². The third kappa shape index (κ3) is 5.05. The summed E-state index contributed by atoms with van der Waals surface area (Å²) >= 11 is 7.17. The number of nitrogens with one attached hydrogen (secondary N) is 1. The number of amides is 1. The van der Waals surface area contributed by atoms with Crippen LogP contribution in [0, 0.1) is 6.92 Å².